The van der Waals surface area contributed by atoms with Crippen LogP contribution in [0.3, 0.4) is 0 Å². The number of carbonyl (C=O) groups excluding carboxylic acids is 1. The monoisotopic (exact) mass is 311 g/mol. The number of carbonyl (C=O) groups is 1. The molecule has 4 nitrogen and oxygen atoms in total. The van der Waals surface area contributed by atoms with Crippen molar-refractivity contribution < 1.29 is 18.7 Å². The third-order valence-electron chi connectivity index (χ3n) is 4.02. The number of thioether (sulfide) groups is 1. The van der Waals surface area contributed by atoms with E-state index in [1.165, 1.54) is 12.1 Å². The highest BCUT2D eigenvalue weighted by Gasteiger charge is 2.41. The van der Waals surface area contributed by atoms with Crippen molar-refractivity contribution in [3.63, 3.8) is 0 Å². The first-order valence-corrected chi connectivity index (χ1v) is 8.21. The minimum absolute atomic E-state index is 0.109. The number of hydrogen-bond donors (Lipinski definition) is 1. The van der Waals surface area contributed by atoms with E-state index in [9.17, 15) is 9.18 Å². The van der Waals surface area contributed by atoms with Gasteiger partial charge >= 0.3 is 5.97 Å². The van der Waals surface area contributed by atoms with Gasteiger partial charge in [-0.05, 0) is 30.4 Å². The lowest BCUT2D eigenvalue weighted by atomic mass is 9.91. The fraction of sp³-hybridized carbons (Fsp3) is 0.533. The molecule has 2 fully saturated rings. The molecule has 2 saturated heterocycles. The maximum atomic E-state index is 13.0. The molecular weight excluding hydrogens is 293 g/mol. The molecule has 0 saturated carbocycles. The highest BCUT2D eigenvalue weighted by Crippen LogP contribution is 2.39. The van der Waals surface area contributed by atoms with Crippen LogP contribution in [0.5, 0.6) is 0 Å². The molecule has 0 amide bonds. The lowest BCUT2D eigenvalue weighted by Gasteiger charge is -2.37. The van der Waals surface area contributed by atoms with Gasteiger partial charge < -0.3 is 15.2 Å². The third-order valence-corrected chi connectivity index (χ3v) is 5.25. The summed E-state index contributed by atoms with van der Waals surface area (Å²) in [5.41, 5.74) is 5.87. The van der Waals surface area contributed by atoms with Gasteiger partial charge in [0.25, 0.3) is 0 Å². The Morgan fingerprint density at radius 2 is 2.38 bits per heavy atom. The van der Waals surface area contributed by atoms with E-state index in [0.29, 0.717) is 13.0 Å². The molecule has 2 N–H and O–H groups in total. The molecule has 1 spiro atoms. The van der Waals surface area contributed by atoms with Gasteiger partial charge in [-0.2, -0.15) is 11.8 Å². The first kappa shape index (κ1) is 14.7. The first-order chi connectivity index (χ1) is 10.1. The summed E-state index contributed by atoms with van der Waals surface area (Å²) in [7, 11) is 0. The fourth-order valence-corrected chi connectivity index (χ4v) is 4.26. The van der Waals surface area contributed by atoms with Crippen LogP contribution in [0.15, 0.2) is 18.2 Å². The van der Waals surface area contributed by atoms with Crippen molar-refractivity contribution in [1.82, 2.24) is 0 Å². The van der Waals surface area contributed by atoms with Gasteiger partial charge in [0, 0.05) is 24.3 Å². The molecule has 0 bridgehead atoms. The Morgan fingerprint density at radius 1 is 1.52 bits per heavy atom. The lowest BCUT2D eigenvalue weighted by molar-refractivity contribution is -0.106. The molecule has 2 atom stereocenters. The van der Waals surface area contributed by atoms with Crippen molar-refractivity contribution in [2.24, 2.45) is 0 Å². The number of anilines is 1. The number of ether oxygens (including phenoxy) is 2. The average molecular weight is 311 g/mol. The van der Waals surface area contributed by atoms with Crippen LogP contribution < -0.4 is 5.73 Å². The smallest absolute Gasteiger partial charge is 0.340 e. The van der Waals surface area contributed by atoms with E-state index in [2.05, 4.69) is 0 Å². The van der Waals surface area contributed by atoms with Crippen LogP contribution in [0.2, 0.25) is 0 Å². The van der Waals surface area contributed by atoms with Crippen molar-refractivity contribution in [3.05, 3.63) is 29.6 Å². The van der Waals surface area contributed by atoms with E-state index in [0.717, 1.165) is 30.4 Å². The number of esters is 1. The van der Waals surface area contributed by atoms with Gasteiger partial charge in [0.05, 0.1) is 17.8 Å². The zero-order valence-electron chi connectivity index (χ0n) is 11.6. The Labute approximate surface area is 127 Å². The summed E-state index contributed by atoms with van der Waals surface area (Å²) in [6, 6.07) is 3.72. The van der Waals surface area contributed by atoms with E-state index >= 15 is 0 Å². The summed E-state index contributed by atoms with van der Waals surface area (Å²) in [5, 5.41) is 0. The Bertz CT molecular complexity index is 546. The number of nitrogen functional groups attached to an aromatic ring is 1. The second-order valence-corrected chi connectivity index (χ2v) is 6.69. The highest BCUT2D eigenvalue weighted by molar-refractivity contribution is 7.99. The van der Waals surface area contributed by atoms with Gasteiger partial charge in [0.1, 0.15) is 11.9 Å². The Morgan fingerprint density at radius 3 is 3.10 bits per heavy atom. The molecule has 0 aliphatic carbocycles. The van der Waals surface area contributed by atoms with E-state index in [1.54, 1.807) is 0 Å². The molecule has 2 unspecified atom stereocenters. The number of benzene rings is 1. The third kappa shape index (κ3) is 3.16. The minimum Gasteiger partial charge on any atom is -0.459 e. The summed E-state index contributed by atoms with van der Waals surface area (Å²) in [6.45, 7) is 0.609. The predicted octanol–water partition coefficient (Wildman–Crippen LogP) is 2.62. The van der Waals surface area contributed by atoms with E-state index in [4.69, 9.17) is 15.2 Å². The molecule has 6 heteroatoms. The molecule has 1 aromatic rings. The number of hydrogen-bond acceptors (Lipinski definition) is 5. The van der Waals surface area contributed by atoms with Crippen molar-refractivity contribution in [2.75, 3.05) is 23.8 Å². The summed E-state index contributed by atoms with van der Waals surface area (Å²) >= 11 is 1.87. The molecule has 114 valence electrons. The summed E-state index contributed by atoms with van der Waals surface area (Å²) < 4.78 is 24.5. The Balaban J connectivity index is 1.67. The van der Waals surface area contributed by atoms with Gasteiger partial charge in [0.15, 0.2) is 0 Å². The molecule has 0 aromatic heterocycles. The SMILES string of the molecule is Nc1cc(F)ccc1C(=O)OC1CCOC2(CCSC2)C1. The second-order valence-electron chi connectivity index (χ2n) is 5.59. The molecule has 21 heavy (non-hydrogen) atoms. The summed E-state index contributed by atoms with van der Waals surface area (Å²) in [6.07, 6.45) is 2.27. The normalized spacial score (nSPS) is 28.7. The van der Waals surface area contributed by atoms with Gasteiger partial charge in [-0.1, -0.05) is 0 Å². The van der Waals surface area contributed by atoms with Crippen LogP contribution in [0.4, 0.5) is 10.1 Å². The molecule has 2 aliphatic heterocycles. The minimum atomic E-state index is -0.486. The van der Waals surface area contributed by atoms with Gasteiger partial charge in [-0.15, -0.1) is 0 Å². The van der Waals surface area contributed by atoms with Crippen LogP contribution >= 0.6 is 11.8 Å². The summed E-state index contributed by atoms with van der Waals surface area (Å²) in [4.78, 5) is 12.2. The number of nitrogens with two attached hydrogens (primary N) is 1. The average Bonchev–Trinajstić information content (AvgIpc) is 2.86. The summed E-state index contributed by atoms with van der Waals surface area (Å²) in [5.74, 6) is 1.10. The Kier molecular flexibility index (Phi) is 4.08. The van der Waals surface area contributed by atoms with Crippen molar-refractivity contribution in [3.8, 4) is 0 Å². The van der Waals surface area contributed by atoms with Crippen LogP contribution in [0, 0.1) is 5.82 Å². The van der Waals surface area contributed by atoms with Crippen LogP contribution in [-0.2, 0) is 9.47 Å². The van der Waals surface area contributed by atoms with Crippen molar-refractivity contribution >= 4 is 23.4 Å². The van der Waals surface area contributed by atoms with E-state index in [1.807, 2.05) is 11.8 Å². The quantitative estimate of drug-likeness (QED) is 0.672. The molecule has 2 aliphatic rings. The van der Waals surface area contributed by atoms with Crippen LogP contribution in [0.1, 0.15) is 29.6 Å². The first-order valence-electron chi connectivity index (χ1n) is 7.06. The zero-order valence-corrected chi connectivity index (χ0v) is 12.5. The molecule has 1 aromatic carbocycles. The van der Waals surface area contributed by atoms with Crippen LogP contribution in [0.25, 0.3) is 0 Å². The number of halogens is 1. The lowest BCUT2D eigenvalue weighted by Crippen LogP contribution is -2.43. The molecule has 2 heterocycles. The van der Waals surface area contributed by atoms with Crippen molar-refractivity contribution in [1.29, 1.82) is 0 Å². The van der Waals surface area contributed by atoms with Gasteiger partial charge in [0.2, 0.25) is 0 Å². The second kappa shape index (κ2) is 5.85. The molecule has 3 rings (SSSR count). The zero-order chi connectivity index (χ0) is 14.9. The maximum absolute atomic E-state index is 13.0. The largest absolute Gasteiger partial charge is 0.459 e. The molecule has 0 radical (unpaired) electrons. The number of rotatable bonds is 2. The van der Waals surface area contributed by atoms with Crippen LogP contribution in [-0.4, -0.2) is 35.8 Å². The topological polar surface area (TPSA) is 61.6 Å². The van der Waals surface area contributed by atoms with Crippen molar-refractivity contribution in [2.45, 2.75) is 31.0 Å². The predicted molar refractivity (Wildman–Crippen MR) is 79.9 cm³/mol. The van der Waals surface area contributed by atoms with E-state index in [-0.39, 0.29) is 23.0 Å². The van der Waals surface area contributed by atoms with Gasteiger partial charge in [-0.3, -0.25) is 0 Å². The standard InChI is InChI=1S/C15H18FNO3S/c16-10-1-2-12(13(17)7-10)14(18)20-11-3-5-19-15(8-11)4-6-21-9-15/h1-2,7,11H,3-6,8-9,17H2. The van der Waals surface area contributed by atoms with Gasteiger partial charge in [-0.25, -0.2) is 9.18 Å². The molecular formula is C15H18FNO3S. The Hall–Kier alpha value is -1.27. The highest BCUT2D eigenvalue weighted by atomic mass is 32.2. The maximum Gasteiger partial charge on any atom is 0.340 e. The van der Waals surface area contributed by atoms with E-state index < -0.39 is 11.8 Å². The fourth-order valence-electron chi connectivity index (χ4n) is 2.88.